The second-order valence-electron chi connectivity index (χ2n) is 10.9. The smallest absolute Gasteiger partial charge is 0.257 e. The highest BCUT2D eigenvalue weighted by molar-refractivity contribution is 5.98. The van der Waals surface area contributed by atoms with Gasteiger partial charge in [0.25, 0.3) is 11.8 Å². The maximum atomic E-state index is 13.4. The van der Waals surface area contributed by atoms with Crippen molar-refractivity contribution in [3.05, 3.63) is 65.4 Å². The molecule has 0 aliphatic carbocycles. The Morgan fingerprint density at radius 2 is 1.89 bits per heavy atom. The third kappa shape index (κ3) is 7.39. The average molecular weight is 608 g/mol. The van der Waals surface area contributed by atoms with Crippen LogP contribution in [-0.4, -0.2) is 90.6 Å². The Hall–Kier alpha value is -4.81. The first kappa shape index (κ1) is 30.6. The lowest BCUT2D eigenvalue weighted by atomic mass is 10.1. The van der Waals surface area contributed by atoms with E-state index in [0.29, 0.717) is 79.5 Å². The van der Waals surface area contributed by atoms with E-state index in [2.05, 4.69) is 15.8 Å². The predicted molar refractivity (Wildman–Crippen MR) is 156 cm³/mol. The number of nitrogens with one attached hydrogen (secondary N) is 2. The molecule has 1 aromatic carbocycles. The minimum atomic E-state index is -0.773. The fraction of sp³-hybridized carbons (Fsp3) is 0.452. The number of aryl methyl sites for hydroxylation is 1. The first-order valence-corrected chi connectivity index (χ1v) is 14.8. The lowest BCUT2D eigenvalue weighted by Crippen LogP contribution is -2.46. The van der Waals surface area contributed by atoms with Gasteiger partial charge in [0.2, 0.25) is 11.8 Å². The SMILES string of the molecule is COc1ccc2cc1O[C@H]1C[C@@H](C(=O)NCCCCN(C(=O)Cc3cc(C)no3)CCCNC2=O)N(C(=O)c2ccoc2)C1. The predicted octanol–water partition coefficient (Wildman–Crippen LogP) is 2.35. The van der Waals surface area contributed by atoms with Crippen molar-refractivity contribution in [2.45, 2.75) is 51.2 Å². The van der Waals surface area contributed by atoms with Crippen molar-refractivity contribution in [2.24, 2.45) is 0 Å². The third-order valence-corrected chi connectivity index (χ3v) is 7.71. The van der Waals surface area contributed by atoms with Crippen molar-refractivity contribution < 1.29 is 37.6 Å². The summed E-state index contributed by atoms with van der Waals surface area (Å²) in [5.74, 6) is 0.201. The molecule has 1 saturated heterocycles. The fourth-order valence-corrected chi connectivity index (χ4v) is 5.45. The summed E-state index contributed by atoms with van der Waals surface area (Å²) in [6.45, 7) is 3.60. The summed E-state index contributed by atoms with van der Waals surface area (Å²) in [6, 6.07) is 7.39. The minimum absolute atomic E-state index is 0.0853. The standard InChI is InChI=1S/C31H37N5O8/c1-20-14-23(44-34-20)17-28(37)35-11-4-3-9-33-30(39)25-16-24(18-36(25)31(40)22-8-13-42-19-22)43-27-15-21(6-7-26(27)41-2)29(38)32-10-5-12-35/h6-8,13-15,19,24-25H,3-5,9-12,16-18H2,1-2H3,(H,32,38)(H,33,39)/t24-,25-/m0/s1. The Morgan fingerprint density at radius 1 is 1.07 bits per heavy atom. The van der Waals surface area contributed by atoms with Crippen molar-refractivity contribution in [1.29, 1.82) is 0 Å². The van der Waals surface area contributed by atoms with Gasteiger partial charge in [0.1, 0.15) is 24.2 Å². The van der Waals surface area contributed by atoms with Gasteiger partial charge >= 0.3 is 0 Å². The van der Waals surface area contributed by atoms with Crippen molar-refractivity contribution >= 4 is 23.6 Å². The van der Waals surface area contributed by atoms with E-state index >= 15 is 0 Å². The highest BCUT2D eigenvalue weighted by Gasteiger charge is 2.41. The van der Waals surface area contributed by atoms with Gasteiger partial charge in [0.15, 0.2) is 11.5 Å². The summed E-state index contributed by atoms with van der Waals surface area (Å²) in [4.78, 5) is 56.1. The number of aromatic nitrogens is 1. The van der Waals surface area contributed by atoms with Gasteiger partial charge in [0, 0.05) is 44.2 Å². The molecule has 44 heavy (non-hydrogen) atoms. The zero-order valence-corrected chi connectivity index (χ0v) is 24.9. The highest BCUT2D eigenvalue weighted by atomic mass is 16.5. The number of ether oxygens (including phenoxy) is 2. The zero-order valence-electron chi connectivity index (χ0n) is 24.9. The Balaban J connectivity index is 1.35. The lowest BCUT2D eigenvalue weighted by Gasteiger charge is -2.24. The molecule has 2 atom stereocenters. The molecule has 0 unspecified atom stereocenters. The van der Waals surface area contributed by atoms with E-state index in [1.807, 2.05) is 0 Å². The molecule has 0 radical (unpaired) electrons. The average Bonchev–Trinajstić information content (AvgIpc) is 3.79. The molecule has 2 aliphatic heterocycles. The van der Waals surface area contributed by atoms with Gasteiger partial charge in [-0.05, 0) is 50.5 Å². The number of amides is 4. The van der Waals surface area contributed by atoms with Crippen LogP contribution in [0.2, 0.25) is 0 Å². The van der Waals surface area contributed by atoms with Crippen LogP contribution >= 0.6 is 0 Å². The maximum Gasteiger partial charge on any atom is 0.257 e. The zero-order chi connectivity index (χ0) is 31.1. The third-order valence-electron chi connectivity index (χ3n) is 7.71. The van der Waals surface area contributed by atoms with Crippen LogP contribution in [0, 0.1) is 6.92 Å². The molecule has 2 N–H and O–H groups in total. The quantitative estimate of drug-likeness (QED) is 0.455. The van der Waals surface area contributed by atoms with Gasteiger partial charge in [-0.2, -0.15) is 0 Å². The monoisotopic (exact) mass is 607 g/mol. The normalized spacial score (nSPS) is 20.0. The fourth-order valence-electron chi connectivity index (χ4n) is 5.45. The molecule has 4 bridgehead atoms. The van der Waals surface area contributed by atoms with Crippen LogP contribution < -0.4 is 20.1 Å². The number of rotatable bonds is 4. The van der Waals surface area contributed by atoms with E-state index in [1.54, 1.807) is 42.2 Å². The van der Waals surface area contributed by atoms with E-state index < -0.39 is 12.1 Å². The van der Waals surface area contributed by atoms with E-state index in [-0.39, 0.29) is 43.0 Å². The molecular weight excluding hydrogens is 570 g/mol. The van der Waals surface area contributed by atoms with Crippen molar-refractivity contribution in [3.63, 3.8) is 0 Å². The van der Waals surface area contributed by atoms with Gasteiger partial charge in [-0.1, -0.05) is 5.16 Å². The van der Waals surface area contributed by atoms with Gasteiger partial charge in [-0.3, -0.25) is 19.2 Å². The summed E-state index contributed by atoms with van der Waals surface area (Å²) < 4.78 is 22.1. The molecule has 4 amide bonds. The van der Waals surface area contributed by atoms with Crippen LogP contribution in [0.3, 0.4) is 0 Å². The molecule has 4 heterocycles. The Kier molecular flexibility index (Phi) is 9.82. The topological polar surface area (TPSA) is 156 Å². The maximum absolute atomic E-state index is 13.4. The summed E-state index contributed by atoms with van der Waals surface area (Å²) in [5, 5.41) is 9.73. The molecule has 0 spiro atoms. The first-order valence-electron chi connectivity index (χ1n) is 14.8. The number of hydrogen-bond donors (Lipinski definition) is 2. The summed E-state index contributed by atoms with van der Waals surface area (Å²) in [7, 11) is 1.50. The van der Waals surface area contributed by atoms with Gasteiger partial charge in [-0.15, -0.1) is 0 Å². The number of hydrogen-bond acceptors (Lipinski definition) is 9. The number of methoxy groups -OCH3 is 1. The number of carbonyl (C=O) groups is 4. The molecule has 5 rings (SSSR count). The molecular formula is C31H37N5O8. The first-order chi connectivity index (χ1) is 21.3. The molecule has 0 saturated carbocycles. The number of nitrogens with zero attached hydrogens (tertiary/aromatic N) is 3. The van der Waals surface area contributed by atoms with E-state index in [1.165, 1.54) is 24.5 Å². The largest absolute Gasteiger partial charge is 0.493 e. The van der Waals surface area contributed by atoms with Crippen LogP contribution in [0.4, 0.5) is 0 Å². The van der Waals surface area contributed by atoms with Crippen molar-refractivity contribution in [2.75, 3.05) is 39.8 Å². The van der Waals surface area contributed by atoms with Crippen LogP contribution in [0.1, 0.15) is 57.9 Å². The molecule has 1 fully saturated rings. The second-order valence-corrected chi connectivity index (χ2v) is 10.9. The van der Waals surface area contributed by atoms with Gasteiger partial charge < -0.3 is 38.8 Å². The van der Waals surface area contributed by atoms with Crippen LogP contribution in [0.15, 0.2) is 51.8 Å². The van der Waals surface area contributed by atoms with Crippen LogP contribution in [-0.2, 0) is 16.0 Å². The number of benzene rings is 1. The summed E-state index contributed by atoms with van der Waals surface area (Å²) in [6.07, 6.45) is 4.38. The molecule has 2 aliphatic rings. The number of carbonyl (C=O) groups excluding carboxylic acids is 4. The van der Waals surface area contributed by atoms with E-state index in [0.717, 1.165) is 0 Å². The lowest BCUT2D eigenvalue weighted by molar-refractivity contribution is -0.131. The Bertz CT molecular complexity index is 1470. The van der Waals surface area contributed by atoms with Crippen LogP contribution in [0.25, 0.3) is 0 Å². The number of fused-ring (bicyclic) bond motifs is 4. The van der Waals surface area contributed by atoms with E-state index in [9.17, 15) is 19.2 Å². The molecule has 3 aromatic rings. The molecule has 13 nitrogen and oxygen atoms in total. The van der Waals surface area contributed by atoms with Crippen LogP contribution in [0.5, 0.6) is 11.5 Å². The minimum Gasteiger partial charge on any atom is -0.493 e. The molecule has 2 aromatic heterocycles. The van der Waals surface area contributed by atoms with E-state index in [4.69, 9.17) is 18.4 Å². The summed E-state index contributed by atoms with van der Waals surface area (Å²) in [5.41, 5.74) is 1.40. The summed E-state index contributed by atoms with van der Waals surface area (Å²) >= 11 is 0. The Morgan fingerprint density at radius 3 is 2.64 bits per heavy atom. The van der Waals surface area contributed by atoms with Crippen molar-refractivity contribution in [3.8, 4) is 11.5 Å². The highest BCUT2D eigenvalue weighted by Crippen LogP contribution is 2.32. The Labute approximate surface area is 254 Å². The molecule has 234 valence electrons. The second kappa shape index (κ2) is 14.1. The number of furan rings is 1. The van der Waals surface area contributed by atoms with Crippen molar-refractivity contribution in [1.82, 2.24) is 25.6 Å². The molecule has 13 heteroatoms. The number of likely N-dealkylation sites (tertiary alicyclic amines) is 1. The van der Waals surface area contributed by atoms with Gasteiger partial charge in [0.05, 0.1) is 37.6 Å². The van der Waals surface area contributed by atoms with Gasteiger partial charge in [-0.25, -0.2) is 0 Å².